The minimum atomic E-state index is -0.491. The minimum absolute atomic E-state index is 0.0284. The van der Waals surface area contributed by atoms with Crippen molar-refractivity contribution < 1.29 is 9.53 Å². The van der Waals surface area contributed by atoms with Gasteiger partial charge in [-0.2, -0.15) is 5.26 Å². The standard InChI is InChI=1S/C19H24N2O2/c1-14-12-16(17(13-20)15-8-6-5-7-9-15)10-11-21(14)18(22)23-19(2,3)4/h5-9,14H,10-12H2,1-4H3/b17-16+. The molecule has 1 saturated heterocycles. The summed E-state index contributed by atoms with van der Waals surface area (Å²) in [7, 11) is 0. The van der Waals surface area contributed by atoms with Gasteiger partial charge in [0.2, 0.25) is 0 Å². The third-order valence-corrected chi connectivity index (χ3v) is 3.88. The largest absolute Gasteiger partial charge is 0.444 e. The number of carbonyl (C=O) groups excluding carboxylic acids is 1. The van der Waals surface area contributed by atoms with Gasteiger partial charge in [-0.05, 0) is 51.7 Å². The molecule has 4 nitrogen and oxygen atoms in total. The first kappa shape index (κ1) is 17.1. The van der Waals surface area contributed by atoms with E-state index in [1.54, 1.807) is 4.90 Å². The normalized spacial score (nSPS) is 20.7. The third-order valence-electron chi connectivity index (χ3n) is 3.88. The molecule has 1 aromatic carbocycles. The summed E-state index contributed by atoms with van der Waals surface area (Å²) in [6.07, 6.45) is 1.14. The van der Waals surface area contributed by atoms with Crippen molar-refractivity contribution in [3.05, 3.63) is 41.5 Å². The second-order valence-corrected chi connectivity index (χ2v) is 6.93. The summed E-state index contributed by atoms with van der Waals surface area (Å²) in [5.74, 6) is 0. The topological polar surface area (TPSA) is 53.3 Å². The van der Waals surface area contributed by atoms with Crippen molar-refractivity contribution in [3.8, 4) is 6.07 Å². The minimum Gasteiger partial charge on any atom is -0.444 e. The first-order valence-electron chi connectivity index (χ1n) is 7.99. The van der Waals surface area contributed by atoms with E-state index in [4.69, 9.17) is 4.74 Å². The molecule has 0 bridgehead atoms. The van der Waals surface area contributed by atoms with Gasteiger partial charge in [0, 0.05) is 12.6 Å². The lowest BCUT2D eigenvalue weighted by Crippen LogP contribution is -2.45. The number of hydrogen-bond acceptors (Lipinski definition) is 3. The van der Waals surface area contributed by atoms with Gasteiger partial charge >= 0.3 is 6.09 Å². The van der Waals surface area contributed by atoms with E-state index in [1.165, 1.54) is 0 Å². The van der Waals surface area contributed by atoms with Gasteiger partial charge in [-0.25, -0.2) is 4.79 Å². The molecule has 4 heteroatoms. The van der Waals surface area contributed by atoms with E-state index in [9.17, 15) is 10.1 Å². The predicted molar refractivity (Wildman–Crippen MR) is 90.6 cm³/mol. The molecule has 1 heterocycles. The van der Waals surface area contributed by atoms with Crippen LogP contribution in [0.25, 0.3) is 5.57 Å². The van der Waals surface area contributed by atoms with E-state index >= 15 is 0 Å². The maximum Gasteiger partial charge on any atom is 0.410 e. The fourth-order valence-electron chi connectivity index (χ4n) is 2.82. The van der Waals surface area contributed by atoms with Crippen LogP contribution in [0.4, 0.5) is 4.79 Å². The zero-order chi connectivity index (χ0) is 17.0. The van der Waals surface area contributed by atoms with Crippen LogP contribution >= 0.6 is 0 Å². The van der Waals surface area contributed by atoms with E-state index in [-0.39, 0.29) is 12.1 Å². The molecule has 0 aromatic heterocycles. The monoisotopic (exact) mass is 312 g/mol. The van der Waals surface area contributed by atoms with Crippen LogP contribution in [-0.4, -0.2) is 29.2 Å². The number of nitrogens with zero attached hydrogens (tertiary/aromatic N) is 2. The molecule has 0 aliphatic carbocycles. The smallest absolute Gasteiger partial charge is 0.410 e. The summed E-state index contributed by atoms with van der Waals surface area (Å²) in [6.45, 7) is 8.20. The summed E-state index contributed by atoms with van der Waals surface area (Å²) in [5.41, 5.74) is 2.31. The fourth-order valence-corrected chi connectivity index (χ4v) is 2.82. The fraction of sp³-hybridized carbons (Fsp3) is 0.474. The second kappa shape index (κ2) is 6.87. The van der Waals surface area contributed by atoms with Crippen molar-refractivity contribution in [3.63, 3.8) is 0 Å². The van der Waals surface area contributed by atoms with Crippen LogP contribution in [0.2, 0.25) is 0 Å². The summed E-state index contributed by atoms with van der Waals surface area (Å²) in [4.78, 5) is 14.0. The predicted octanol–water partition coefficient (Wildman–Crippen LogP) is 4.38. The second-order valence-electron chi connectivity index (χ2n) is 6.93. The zero-order valence-corrected chi connectivity index (χ0v) is 14.3. The van der Waals surface area contributed by atoms with E-state index in [0.29, 0.717) is 19.4 Å². The van der Waals surface area contributed by atoms with Crippen LogP contribution in [0.5, 0.6) is 0 Å². The van der Waals surface area contributed by atoms with E-state index in [0.717, 1.165) is 16.7 Å². The van der Waals surface area contributed by atoms with Crippen molar-refractivity contribution in [2.45, 2.75) is 52.2 Å². The molecular weight excluding hydrogens is 288 g/mol. The summed E-state index contributed by atoms with van der Waals surface area (Å²) in [6, 6.07) is 12.1. The molecule has 0 saturated carbocycles. The Labute approximate surface area is 138 Å². The Bertz CT molecular complexity index is 636. The highest BCUT2D eigenvalue weighted by Gasteiger charge is 2.30. The van der Waals surface area contributed by atoms with Crippen molar-refractivity contribution >= 4 is 11.7 Å². The lowest BCUT2D eigenvalue weighted by molar-refractivity contribution is 0.0152. The highest BCUT2D eigenvalue weighted by Crippen LogP contribution is 2.30. The Morgan fingerprint density at radius 1 is 1.30 bits per heavy atom. The molecule has 1 fully saturated rings. The Morgan fingerprint density at radius 3 is 2.48 bits per heavy atom. The molecule has 1 aliphatic heterocycles. The van der Waals surface area contributed by atoms with Gasteiger partial charge in [0.05, 0.1) is 11.6 Å². The number of hydrogen-bond donors (Lipinski definition) is 0. The van der Waals surface area contributed by atoms with Crippen LogP contribution in [0.3, 0.4) is 0 Å². The summed E-state index contributed by atoms with van der Waals surface area (Å²) in [5, 5.41) is 9.53. The molecule has 1 unspecified atom stereocenters. The van der Waals surface area contributed by atoms with Gasteiger partial charge in [0.1, 0.15) is 5.60 Å². The Balaban J connectivity index is 2.16. The molecule has 1 aromatic rings. The van der Waals surface area contributed by atoms with Crippen LogP contribution in [0.1, 0.15) is 46.1 Å². The van der Waals surface area contributed by atoms with Gasteiger partial charge in [0.15, 0.2) is 0 Å². The molecule has 0 spiro atoms. The van der Waals surface area contributed by atoms with Crippen LogP contribution in [0, 0.1) is 11.3 Å². The van der Waals surface area contributed by atoms with Crippen molar-refractivity contribution in [1.82, 2.24) is 4.90 Å². The quantitative estimate of drug-likeness (QED) is 0.723. The summed E-state index contributed by atoms with van der Waals surface area (Å²) < 4.78 is 5.46. The maximum atomic E-state index is 12.3. The van der Waals surface area contributed by atoms with Crippen LogP contribution < -0.4 is 0 Å². The lowest BCUT2D eigenvalue weighted by Gasteiger charge is -2.36. The van der Waals surface area contributed by atoms with Crippen molar-refractivity contribution in [1.29, 1.82) is 5.26 Å². The SMILES string of the molecule is CC1C/C(=C(\C#N)c2ccccc2)CCN1C(=O)OC(C)(C)C. The van der Waals surface area contributed by atoms with Crippen molar-refractivity contribution in [2.24, 2.45) is 0 Å². The van der Waals surface area contributed by atoms with Gasteiger partial charge in [0.25, 0.3) is 0 Å². The van der Waals surface area contributed by atoms with E-state index in [1.807, 2.05) is 58.0 Å². The van der Waals surface area contributed by atoms with Gasteiger partial charge < -0.3 is 9.64 Å². The number of amides is 1. The Morgan fingerprint density at radius 2 is 1.96 bits per heavy atom. The molecule has 122 valence electrons. The molecule has 1 atom stereocenters. The number of likely N-dealkylation sites (tertiary alicyclic amines) is 1. The molecule has 23 heavy (non-hydrogen) atoms. The first-order chi connectivity index (χ1) is 10.8. The number of carbonyl (C=O) groups is 1. The molecule has 0 N–H and O–H groups in total. The van der Waals surface area contributed by atoms with Gasteiger partial charge in [-0.1, -0.05) is 30.3 Å². The Hall–Kier alpha value is -2.28. The van der Waals surface area contributed by atoms with Gasteiger partial charge in [-0.15, -0.1) is 0 Å². The molecule has 2 rings (SSSR count). The zero-order valence-electron chi connectivity index (χ0n) is 14.3. The number of piperidine rings is 1. The van der Waals surface area contributed by atoms with E-state index in [2.05, 4.69) is 6.07 Å². The highest BCUT2D eigenvalue weighted by atomic mass is 16.6. The molecular formula is C19H24N2O2. The average Bonchev–Trinajstić information content (AvgIpc) is 2.47. The number of rotatable bonds is 1. The lowest BCUT2D eigenvalue weighted by atomic mass is 9.90. The molecule has 1 amide bonds. The number of nitriles is 1. The number of allylic oxidation sites excluding steroid dienone is 1. The van der Waals surface area contributed by atoms with Crippen molar-refractivity contribution in [2.75, 3.05) is 6.54 Å². The number of benzene rings is 1. The third kappa shape index (κ3) is 4.35. The molecule has 1 aliphatic rings. The van der Waals surface area contributed by atoms with Gasteiger partial charge in [-0.3, -0.25) is 0 Å². The average molecular weight is 312 g/mol. The van der Waals surface area contributed by atoms with Crippen LogP contribution in [-0.2, 0) is 4.74 Å². The van der Waals surface area contributed by atoms with Crippen LogP contribution in [0.15, 0.2) is 35.9 Å². The highest BCUT2D eigenvalue weighted by molar-refractivity contribution is 5.80. The van der Waals surface area contributed by atoms with E-state index < -0.39 is 5.60 Å². The first-order valence-corrected chi connectivity index (χ1v) is 7.99. The Kier molecular flexibility index (Phi) is 5.10. The molecule has 0 radical (unpaired) electrons. The number of ether oxygens (including phenoxy) is 1. The summed E-state index contributed by atoms with van der Waals surface area (Å²) >= 11 is 0. The maximum absolute atomic E-state index is 12.3.